The van der Waals surface area contributed by atoms with Gasteiger partial charge < -0.3 is 39.6 Å². The van der Waals surface area contributed by atoms with Crippen LogP contribution < -0.4 is 10.6 Å². The predicted molar refractivity (Wildman–Crippen MR) is 338 cm³/mol. The molecule has 0 aliphatic heterocycles. The lowest BCUT2D eigenvalue weighted by molar-refractivity contribution is -0.157. The van der Waals surface area contributed by atoms with E-state index in [0.29, 0.717) is 42.8 Å². The van der Waals surface area contributed by atoms with Crippen molar-refractivity contribution >= 4 is 75.6 Å². The van der Waals surface area contributed by atoms with Crippen molar-refractivity contribution in [1.82, 2.24) is 30.5 Å². The van der Waals surface area contributed by atoms with Gasteiger partial charge in [-0.1, -0.05) is 138 Å². The summed E-state index contributed by atoms with van der Waals surface area (Å²) in [5.41, 5.74) is 27.3. The monoisotopic (exact) mass is 1290 g/mol. The summed E-state index contributed by atoms with van der Waals surface area (Å²) < 4.78 is 19.5. The van der Waals surface area contributed by atoms with Crippen LogP contribution in [0, 0.1) is 35.5 Å². The average Bonchev–Trinajstić information content (AvgIpc) is 2.13. The van der Waals surface area contributed by atoms with Crippen LogP contribution in [0.25, 0.3) is 31.3 Å². The number of azide groups is 3. The van der Waals surface area contributed by atoms with Gasteiger partial charge in [0, 0.05) is 73.7 Å². The number of ether oxygens (including phenoxy) is 4. The topological polar surface area (TPSA) is 389 Å². The van der Waals surface area contributed by atoms with E-state index in [-0.39, 0.29) is 120 Å². The van der Waals surface area contributed by atoms with Crippen molar-refractivity contribution in [1.29, 1.82) is 0 Å². The predicted octanol–water partition coefficient (Wildman–Crippen LogP) is 12.8. The van der Waals surface area contributed by atoms with Gasteiger partial charge >= 0.3 is 23.9 Å². The first kappa shape index (κ1) is 79.1. The zero-order valence-corrected chi connectivity index (χ0v) is 56.7. The summed E-state index contributed by atoms with van der Waals surface area (Å²) in [4.78, 5) is 109. The summed E-state index contributed by atoms with van der Waals surface area (Å²) >= 11 is 3.92. The molecule has 3 aromatic heterocycles. The molecule has 0 saturated carbocycles. The maximum Gasteiger partial charge on any atom is 0.357 e. The smallest absolute Gasteiger partial charge is 0.357 e. The minimum Gasteiger partial charge on any atom is -0.464 e. The third-order valence-electron chi connectivity index (χ3n) is 15.0. The van der Waals surface area contributed by atoms with E-state index in [0.717, 1.165) is 27.8 Å². The minimum absolute atomic E-state index is 0.0139. The highest BCUT2D eigenvalue weighted by Gasteiger charge is 2.36. The molecule has 0 aliphatic rings. The first-order valence-electron chi connectivity index (χ1n) is 29.6. The first-order chi connectivity index (χ1) is 41.6. The van der Waals surface area contributed by atoms with E-state index in [1.165, 1.54) is 54.3 Å². The van der Waals surface area contributed by atoms with E-state index in [1.807, 2.05) is 104 Å². The van der Waals surface area contributed by atoms with E-state index in [9.17, 15) is 38.7 Å². The van der Waals surface area contributed by atoms with Gasteiger partial charge in [0.1, 0.15) is 29.2 Å². The summed E-state index contributed by atoms with van der Waals surface area (Å²) in [5, 5.41) is 34.3. The maximum absolute atomic E-state index is 13.6. The second kappa shape index (κ2) is 41.3. The number of esters is 4. The number of aromatic nitrogens is 3. The van der Waals surface area contributed by atoms with Gasteiger partial charge in [-0.05, 0) is 71.4 Å². The van der Waals surface area contributed by atoms with Crippen molar-refractivity contribution in [2.45, 2.75) is 209 Å². The quantitative estimate of drug-likeness (QED) is 0.0125. The molecule has 3 aromatic rings. The van der Waals surface area contributed by atoms with Gasteiger partial charge in [-0.15, -0.1) is 34.0 Å². The number of hydrogen-bond donors (Lipinski definition) is 3. The second-order valence-corrected chi connectivity index (χ2v) is 25.2. The lowest BCUT2D eigenvalue weighted by Crippen LogP contribution is -2.50. The molecule has 490 valence electrons. The van der Waals surface area contributed by atoms with Crippen molar-refractivity contribution < 1.29 is 57.6 Å². The van der Waals surface area contributed by atoms with Crippen LogP contribution in [0.3, 0.4) is 0 Å². The van der Waals surface area contributed by atoms with Gasteiger partial charge in [-0.25, -0.2) is 29.3 Å². The molecule has 0 aliphatic carbocycles. The zero-order chi connectivity index (χ0) is 67.0. The Morgan fingerprint density at radius 2 is 0.920 bits per heavy atom. The van der Waals surface area contributed by atoms with Crippen LogP contribution in [0.2, 0.25) is 0 Å². The lowest BCUT2D eigenvalue weighted by Gasteiger charge is -2.37. The number of hydrogen-bond acceptors (Lipinski definition) is 21. The van der Waals surface area contributed by atoms with E-state index in [4.69, 9.17) is 30.8 Å². The first-order valence-corrected chi connectivity index (χ1v) is 32.2. The van der Waals surface area contributed by atoms with Gasteiger partial charge in [0.25, 0.3) is 0 Å². The Balaban J connectivity index is 0.000000667. The summed E-state index contributed by atoms with van der Waals surface area (Å²) in [6.07, 6.45) is 3.45. The molecule has 0 spiro atoms. The van der Waals surface area contributed by atoms with E-state index >= 15 is 0 Å². The molecule has 0 bridgehead atoms. The Morgan fingerprint density at radius 3 is 1.28 bits per heavy atom. The number of amides is 3. The number of methoxy groups -OCH3 is 3. The molecule has 0 aromatic carbocycles. The highest BCUT2D eigenvalue weighted by Crippen LogP contribution is 2.32. The number of aliphatic hydroxyl groups excluding tert-OH is 1. The van der Waals surface area contributed by atoms with Gasteiger partial charge in [0.05, 0.1) is 31.3 Å². The van der Waals surface area contributed by atoms with Crippen LogP contribution in [-0.4, -0.2) is 131 Å². The van der Waals surface area contributed by atoms with Crippen LogP contribution in [0.15, 0.2) is 31.5 Å². The largest absolute Gasteiger partial charge is 0.464 e. The SMILES string of the molecule is CCCC(=O)OCN(C(=O)[C@@H](N=[N+]=[N-])[C@@H](C)CC)[C@H](C[C@@H](C)c1nc(C(=O)OC)cs1)C(C)C.CC[C@H](C)[C@H](N=[N+]=[N-])C(=O)N[C@H](C[C@@H](C)c1nc(C(=O)OC)cs1)C(C)C.CC[C@H](C)[C@H](N=[N+]=[N-])C(=O)N[C@H](C[C@@H](O)c1nc(C(=O)OC)cs1)C(C)C. The number of nitrogens with one attached hydrogen (secondary N) is 2. The van der Waals surface area contributed by atoms with Crippen LogP contribution in [0.1, 0.15) is 220 Å². The van der Waals surface area contributed by atoms with Crippen LogP contribution in [0.5, 0.6) is 0 Å². The molecule has 30 heteroatoms. The highest BCUT2D eigenvalue weighted by molar-refractivity contribution is 7.10. The maximum atomic E-state index is 13.6. The van der Waals surface area contributed by atoms with Gasteiger partial charge in [-0.3, -0.25) is 19.2 Å². The van der Waals surface area contributed by atoms with Gasteiger partial charge in [0.2, 0.25) is 17.7 Å². The van der Waals surface area contributed by atoms with Crippen molar-refractivity contribution in [3.63, 3.8) is 0 Å². The van der Waals surface area contributed by atoms with E-state index in [1.54, 1.807) is 10.8 Å². The van der Waals surface area contributed by atoms with Gasteiger partial charge in [0.15, 0.2) is 23.8 Å². The molecule has 27 nitrogen and oxygen atoms in total. The molecule has 3 rings (SSSR count). The number of thiazole rings is 3. The standard InChI is InChI=1S/C23H37N5O5S.C18H29N5O3S.C17H27N5O4S/c1-8-10-19(29)33-13-28(22(30)20(26-27-24)15(5)9-2)18(14(3)4)11-16(6)21-25-17(12-34-21)23(31)32-7;1-7-11(4)15(22-23-19)16(24)20-13(10(2)3)8-12(5)17-21-14(9-27-17)18(25)26-6;1-6-10(4)14(21-22-18)15(24)19-11(9(2)3)7-13(23)16-20-12(8-27-16)17(25)26-5/h12,14-16,18,20H,8-11,13H2,1-7H3;9-13,15H,7-8H2,1-6H3,(H,20,24);8-11,13-14,23H,6-7H2,1-5H3,(H,19,24)/t15-,16+,18+,20-;11-,12+,13+,15-;10-,11+,13+,14-/m000/s1. The third kappa shape index (κ3) is 25.7. The van der Waals surface area contributed by atoms with Crippen LogP contribution >= 0.6 is 34.0 Å². The zero-order valence-electron chi connectivity index (χ0n) is 54.2. The van der Waals surface area contributed by atoms with Crippen molar-refractivity contribution in [2.24, 2.45) is 50.9 Å². The van der Waals surface area contributed by atoms with Gasteiger partial charge in [-0.2, -0.15) is 0 Å². The summed E-state index contributed by atoms with van der Waals surface area (Å²) in [6, 6.07) is -3.19. The van der Waals surface area contributed by atoms with E-state index in [2.05, 4.69) is 60.4 Å². The Labute approximate surface area is 529 Å². The average molecular weight is 1290 g/mol. The third-order valence-corrected chi connectivity index (χ3v) is 18.1. The molecule has 12 atom stereocenters. The fraction of sp³-hybridized carbons (Fsp3) is 0.724. The number of aliphatic hydroxyl groups is 1. The minimum atomic E-state index is -0.942. The highest BCUT2D eigenvalue weighted by atomic mass is 32.1. The molecular weight excluding hydrogens is 1190 g/mol. The van der Waals surface area contributed by atoms with Crippen LogP contribution in [0.4, 0.5) is 0 Å². The fourth-order valence-electron chi connectivity index (χ4n) is 8.64. The molecule has 0 radical (unpaired) electrons. The normalized spacial score (nSPS) is 15.0. The molecule has 3 N–H and O–H groups in total. The molecular formula is C58H93N15O12S3. The molecule has 0 saturated heterocycles. The van der Waals surface area contributed by atoms with Crippen molar-refractivity contribution in [3.8, 4) is 0 Å². The summed E-state index contributed by atoms with van der Waals surface area (Å²) in [6.45, 7) is 28.9. The number of carbonyl (C=O) groups is 7. The molecule has 88 heavy (non-hydrogen) atoms. The summed E-state index contributed by atoms with van der Waals surface area (Å²) in [5.74, 6) is -2.97. The number of nitrogens with zero attached hydrogens (tertiary/aromatic N) is 13. The van der Waals surface area contributed by atoms with Crippen molar-refractivity contribution in [2.75, 3.05) is 28.1 Å². The second-order valence-electron chi connectivity index (χ2n) is 22.6. The number of carbonyl (C=O) groups excluding carboxylic acids is 7. The Bertz CT molecular complexity index is 2710. The summed E-state index contributed by atoms with van der Waals surface area (Å²) in [7, 11) is 3.90. The molecule has 3 heterocycles. The fourth-order valence-corrected chi connectivity index (χ4v) is 11.2. The van der Waals surface area contributed by atoms with E-state index < -0.39 is 42.1 Å². The Hall–Kier alpha value is -6.93. The Kier molecular flexibility index (Phi) is 37.1. The molecule has 3 amide bonds. The van der Waals surface area contributed by atoms with Crippen LogP contribution in [-0.2, 0) is 38.1 Å². The molecule has 0 unspecified atom stereocenters. The lowest BCUT2D eigenvalue weighted by atomic mass is 9.91. The molecule has 0 fully saturated rings. The number of rotatable bonds is 34. The van der Waals surface area contributed by atoms with Crippen molar-refractivity contribution in [3.05, 3.63) is 79.6 Å². The Morgan fingerprint density at radius 1 is 0.557 bits per heavy atom.